The second kappa shape index (κ2) is 9.09. The molecule has 1 aromatic carbocycles. The third kappa shape index (κ3) is 4.36. The zero-order valence-electron chi connectivity index (χ0n) is 18.2. The molecule has 0 atom stereocenters. The summed E-state index contributed by atoms with van der Waals surface area (Å²) in [5, 5.41) is 12.0. The largest absolute Gasteiger partial charge is 0.327 e. The molecule has 2 aliphatic rings. The lowest BCUT2D eigenvalue weighted by atomic mass is 9.88. The van der Waals surface area contributed by atoms with E-state index in [2.05, 4.69) is 35.3 Å². The molecule has 0 saturated carbocycles. The third-order valence-corrected chi connectivity index (χ3v) is 6.35. The summed E-state index contributed by atoms with van der Waals surface area (Å²) in [5.74, 6) is -0.175. The number of aromatic nitrogens is 2. The number of benzene rings is 1. The first-order chi connectivity index (χ1) is 15.4. The molecular weight excluding hydrogens is 424 g/mol. The molecule has 0 bridgehead atoms. The number of nitrogens with one attached hydrogen (secondary N) is 1. The van der Waals surface area contributed by atoms with Crippen LogP contribution in [0.25, 0.3) is 5.57 Å². The fourth-order valence-corrected chi connectivity index (χ4v) is 4.65. The number of hydrogen-bond acceptors (Lipinski definition) is 5. The number of urea groups is 1. The molecule has 32 heavy (non-hydrogen) atoms. The van der Waals surface area contributed by atoms with Gasteiger partial charge >= 0.3 is 6.03 Å². The van der Waals surface area contributed by atoms with Crippen LogP contribution in [0.15, 0.2) is 30.5 Å². The second-order valence-electron chi connectivity index (χ2n) is 8.38. The van der Waals surface area contributed by atoms with Crippen LogP contribution in [0.3, 0.4) is 0 Å². The SMILES string of the molecule is CN1CC(c2ccc(NC(=O)c3nc(C#N)cn3S)c(C3=CCCCC3)c2)CN(C)C1=O. The van der Waals surface area contributed by atoms with E-state index in [-0.39, 0.29) is 23.5 Å². The first-order valence-electron chi connectivity index (χ1n) is 10.7. The number of allylic oxidation sites excluding steroid dienone is 2. The standard InChI is InChI=1S/C23H26N6O2S/c1-27-12-17(13-28(2)23(27)31)16-8-9-20(19(10-16)15-6-4-3-5-7-15)26-22(30)21-25-18(11-24)14-29(21)32/h6,8-10,14,17,32H,3-5,7,12-13H2,1-2H3,(H,26,30). The van der Waals surface area contributed by atoms with Crippen molar-refractivity contribution in [2.24, 2.45) is 0 Å². The highest BCUT2D eigenvalue weighted by Gasteiger charge is 2.29. The Morgan fingerprint density at radius 1 is 1.25 bits per heavy atom. The van der Waals surface area contributed by atoms with Crippen molar-refractivity contribution in [1.29, 1.82) is 5.26 Å². The van der Waals surface area contributed by atoms with Crippen molar-refractivity contribution >= 4 is 36.0 Å². The van der Waals surface area contributed by atoms with E-state index in [9.17, 15) is 9.59 Å². The summed E-state index contributed by atoms with van der Waals surface area (Å²) in [6.07, 6.45) is 7.90. The first kappa shape index (κ1) is 22.0. The van der Waals surface area contributed by atoms with E-state index in [1.54, 1.807) is 9.80 Å². The molecule has 3 amide bonds. The van der Waals surface area contributed by atoms with Gasteiger partial charge in [0.1, 0.15) is 6.07 Å². The Morgan fingerprint density at radius 3 is 2.62 bits per heavy atom. The molecule has 2 aromatic rings. The minimum absolute atomic E-state index is 0.0272. The lowest BCUT2D eigenvalue weighted by Gasteiger charge is -2.36. The van der Waals surface area contributed by atoms with Crippen LogP contribution in [0.2, 0.25) is 0 Å². The molecular formula is C23H26N6O2S. The van der Waals surface area contributed by atoms with Gasteiger partial charge in [0, 0.05) is 44.4 Å². The van der Waals surface area contributed by atoms with Crippen LogP contribution in [0.5, 0.6) is 0 Å². The fourth-order valence-electron chi connectivity index (χ4n) is 4.41. The van der Waals surface area contributed by atoms with E-state index < -0.39 is 5.91 Å². The van der Waals surface area contributed by atoms with E-state index in [4.69, 9.17) is 5.26 Å². The number of carbonyl (C=O) groups is 2. The third-order valence-electron chi connectivity index (χ3n) is 6.05. The molecule has 1 aliphatic carbocycles. The molecule has 0 spiro atoms. The summed E-state index contributed by atoms with van der Waals surface area (Å²) in [4.78, 5) is 32.5. The van der Waals surface area contributed by atoms with Gasteiger partial charge in [0.2, 0.25) is 5.82 Å². The van der Waals surface area contributed by atoms with Gasteiger partial charge in [-0.15, -0.1) is 0 Å². The van der Waals surface area contributed by atoms with Gasteiger partial charge in [-0.05, 0) is 49.0 Å². The molecule has 2 heterocycles. The van der Waals surface area contributed by atoms with Gasteiger partial charge in [0.15, 0.2) is 5.69 Å². The molecule has 1 aliphatic heterocycles. The number of imidazole rings is 1. The Labute approximate surface area is 193 Å². The summed E-state index contributed by atoms with van der Waals surface area (Å²) in [5.41, 5.74) is 4.19. The van der Waals surface area contributed by atoms with Gasteiger partial charge in [-0.3, -0.25) is 8.77 Å². The molecule has 1 aromatic heterocycles. The Morgan fingerprint density at radius 2 is 2.00 bits per heavy atom. The van der Waals surface area contributed by atoms with Gasteiger partial charge in [0.25, 0.3) is 5.91 Å². The maximum absolute atomic E-state index is 12.9. The minimum atomic E-state index is -0.422. The van der Waals surface area contributed by atoms with Gasteiger partial charge < -0.3 is 15.1 Å². The van der Waals surface area contributed by atoms with E-state index in [1.165, 1.54) is 22.2 Å². The smallest absolute Gasteiger partial charge is 0.319 e. The number of thiol groups is 1. The molecule has 0 radical (unpaired) electrons. The summed E-state index contributed by atoms with van der Waals surface area (Å²) >= 11 is 4.21. The van der Waals surface area contributed by atoms with Crippen LogP contribution in [0.4, 0.5) is 10.5 Å². The van der Waals surface area contributed by atoms with Crippen LogP contribution >= 0.6 is 12.8 Å². The van der Waals surface area contributed by atoms with Crippen LogP contribution in [-0.4, -0.2) is 57.9 Å². The van der Waals surface area contributed by atoms with E-state index in [0.717, 1.165) is 30.4 Å². The van der Waals surface area contributed by atoms with Crippen molar-refractivity contribution in [3.05, 3.63) is 53.1 Å². The number of amides is 3. The van der Waals surface area contributed by atoms with Gasteiger partial charge in [-0.1, -0.05) is 25.0 Å². The van der Waals surface area contributed by atoms with Crippen molar-refractivity contribution < 1.29 is 9.59 Å². The van der Waals surface area contributed by atoms with Crippen LogP contribution in [0, 0.1) is 11.3 Å². The molecule has 166 valence electrons. The summed E-state index contributed by atoms with van der Waals surface area (Å²) < 4.78 is 1.26. The number of hydrogen-bond donors (Lipinski definition) is 2. The molecule has 1 fully saturated rings. The Bertz CT molecular complexity index is 1120. The summed E-state index contributed by atoms with van der Waals surface area (Å²) in [6, 6.07) is 8.03. The van der Waals surface area contributed by atoms with Crippen LogP contribution in [0.1, 0.15) is 59.0 Å². The van der Waals surface area contributed by atoms with Crippen molar-refractivity contribution in [1.82, 2.24) is 18.8 Å². The summed E-state index contributed by atoms with van der Waals surface area (Å²) in [6.45, 7) is 1.31. The van der Waals surface area contributed by atoms with Crippen molar-refractivity contribution in [2.45, 2.75) is 31.6 Å². The van der Waals surface area contributed by atoms with Crippen LogP contribution < -0.4 is 5.32 Å². The molecule has 8 nitrogen and oxygen atoms in total. The predicted octanol–water partition coefficient (Wildman–Crippen LogP) is 3.74. The number of likely N-dealkylation sites (N-methyl/N-ethyl adjacent to an activating group) is 2. The number of anilines is 1. The van der Waals surface area contributed by atoms with Crippen LogP contribution in [-0.2, 0) is 0 Å². The molecule has 4 rings (SSSR count). The lowest BCUT2D eigenvalue weighted by Crippen LogP contribution is -2.48. The Balaban J connectivity index is 1.67. The Kier molecular flexibility index (Phi) is 6.24. The van der Waals surface area contributed by atoms with Gasteiger partial charge in [-0.2, -0.15) is 5.26 Å². The number of nitriles is 1. The topological polar surface area (TPSA) is 94.3 Å². The highest BCUT2D eigenvalue weighted by atomic mass is 32.1. The first-order valence-corrected chi connectivity index (χ1v) is 11.1. The van der Waals surface area contributed by atoms with Crippen molar-refractivity contribution in [2.75, 3.05) is 32.5 Å². The maximum atomic E-state index is 12.9. The van der Waals surface area contributed by atoms with Crippen molar-refractivity contribution in [3.63, 3.8) is 0 Å². The van der Waals surface area contributed by atoms with Gasteiger partial charge in [-0.25, -0.2) is 9.78 Å². The zero-order chi connectivity index (χ0) is 22.8. The van der Waals surface area contributed by atoms with Gasteiger partial charge in [0.05, 0.1) is 6.20 Å². The zero-order valence-corrected chi connectivity index (χ0v) is 19.1. The number of rotatable bonds is 4. The molecule has 1 N–H and O–H groups in total. The molecule has 9 heteroatoms. The normalized spacial score (nSPS) is 17.2. The lowest BCUT2D eigenvalue weighted by molar-refractivity contribution is 0.101. The maximum Gasteiger partial charge on any atom is 0.319 e. The highest BCUT2D eigenvalue weighted by Crippen LogP contribution is 2.35. The highest BCUT2D eigenvalue weighted by molar-refractivity contribution is 7.78. The average Bonchev–Trinajstić information content (AvgIpc) is 3.19. The second-order valence-corrected chi connectivity index (χ2v) is 8.81. The molecule has 0 unspecified atom stereocenters. The number of nitrogens with zero attached hydrogens (tertiary/aromatic N) is 5. The number of carbonyl (C=O) groups excluding carboxylic acids is 2. The minimum Gasteiger partial charge on any atom is -0.327 e. The fraction of sp³-hybridized carbons (Fsp3) is 0.391. The predicted molar refractivity (Wildman–Crippen MR) is 126 cm³/mol. The average molecular weight is 451 g/mol. The molecule has 1 saturated heterocycles. The van der Waals surface area contributed by atoms with E-state index in [1.807, 2.05) is 32.3 Å². The summed E-state index contributed by atoms with van der Waals surface area (Å²) in [7, 11) is 3.64. The Hall–Kier alpha value is -3.25. The van der Waals surface area contributed by atoms with Crippen molar-refractivity contribution in [3.8, 4) is 6.07 Å². The van der Waals surface area contributed by atoms with E-state index >= 15 is 0 Å². The quantitative estimate of drug-likeness (QED) is 0.694. The monoisotopic (exact) mass is 450 g/mol. The van der Waals surface area contributed by atoms with E-state index in [0.29, 0.717) is 18.8 Å².